The molecule has 2 N–H and O–H groups in total. The molecule has 0 radical (unpaired) electrons. The van der Waals surface area contributed by atoms with Gasteiger partial charge < -0.3 is 19.9 Å². The number of methoxy groups -OCH3 is 1. The van der Waals surface area contributed by atoms with E-state index in [1.54, 1.807) is 19.1 Å². The van der Waals surface area contributed by atoms with Crippen LogP contribution in [0.25, 0.3) is 0 Å². The fourth-order valence-electron chi connectivity index (χ4n) is 4.67. The topological polar surface area (TPSA) is 91.0 Å². The Morgan fingerprint density at radius 1 is 1.09 bits per heavy atom. The van der Waals surface area contributed by atoms with Crippen molar-refractivity contribution in [3.05, 3.63) is 52.6 Å². The second kappa shape index (κ2) is 7.85. The van der Waals surface area contributed by atoms with Crippen LogP contribution in [0.2, 0.25) is 0 Å². The predicted molar refractivity (Wildman–Crippen MR) is 122 cm³/mol. The monoisotopic (exact) mass is 436 g/mol. The number of hydrogen-bond acceptors (Lipinski definition) is 5. The number of likely N-dealkylation sites (N-methyl/N-ethyl adjacent to an activating group) is 2. The second-order valence-electron chi connectivity index (χ2n) is 8.74. The van der Waals surface area contributed by atoms with Gasteiger partial charge in [-0.3, -0.25) is 14.9 Å². The zero-order valence-corrected chi connectivity index (χ0v) is 19.0. The minimum atomic E-state index is -0.916. The number of carbonyl (C=O) groups excluding carboxylic acids is 3. The number of urea groups is 1. The molecule has 1 atom stereocenters. The molecular formula is C24H28N4O4. The number of carbonyl (C=O) groups is 3. The first-order chi connectivity index (χ1) is 15.1. The van der Waals surface area contributed by atoms with Crippen molar-refractivity contribution in [2.24, 2.45) is 0 Å². The van der Waals surface area contributed by atoms with Crippen molar-refractivity contribution in [2.75, 3.05) is 37.5 Å². The van der Waals surface area contributed by atoms with Gasteiger partial charge in [-0.15, -0.1) is 0 Å². The SMILES string of the molecule is COc1c(C)cc(C)cc1N(C)CC(=O)N(C)c1ccc2c(c1)CC1(C2)NC(=O)NC1=O. The Morgan fingerprint density at radius 2 is 1.81 bits per heavy atom. The number of aryl methyl sites for hydroxylation is 2. The molecule has 4 amide bonds. The Balaban J connectivity index is 1.51. The third-order valence-electron chi connectivity index (χ3n) is 6.34. The van der Waals surface area contributed by atoms with Crippen LogP contribution in [-0.4, -0.2) is 51.1 Å². The number of imide groups is 1. The first-order valence-corrected chi connectivity index (χ1v) is 10.5. The fraction of sp³-hybridized carbons (Fsp3) is 0.375. The maximum atomic E-state index is 13.1. The van der Waals surface area contributed by atoms with Crippen LogP contribution in [0.15, 0.2) is 30.3 Å². The summed E-state index contributed by atoms with van der Waals surface area (Å²) in [5, 5.41) is 5.09. The Labute approximate surface area is 187 Å². The van der Waals surface area contributed by atoms with Gasteiger partial charge in [-0.2, -0.15) is 0 Å². The van der Waals surface area contributed by atoms with Crippen LogP contribution in [0.4, 0.5) is 16.2 Å². The van der Waals surface area contributed by atoms with Gasteiger partial charge in [-0.1, -0.05) is 12.1 Å². The summed E-state index contributed by atoms with van der Waals surface area (Å²) < 4.78 is 5.56. The van der Waals surface area contributed by atoms with Gasteiger partial charge in [0.05, 0.1) is 19.3 Å². The molecule has 1 aliphatic carbocycles. The third kappa shape index (κ3) is 3.66. The number of amides is 4. The minimum absolute atomic E-state index is 0.0757. The lowest BCUT2D eigenvalue weighted by atomic mass is 9.96. The van der Waals surface area contributed by atoms with Gasteiger partial charge in [0.15, 0.2) is 0 Å². The lowest BCUT2D eigenvalue weighted by Crippen LogP contribution is -2.47. The Bertz CT molecular complexity index is 1130. The van der Waals surface area contributed by atoms with E-state index in [0.717, 1.165) is 39.4 Å². The molecule has 2 aromatic carbocycles. The summed E-state index contributed by atoms with van der Waals surface area (Å²) in [7, 11) is 5.25. The quantitative estimate of drug-likeness (QED) is 0.701. The summed E-state index contributed by atoms with van der Waals surface area (Å²) in [4.78, 5) is 40.5. The number of rotatable bonds is 5. The van der Waals surface area contributed by atoms with E-state index in [-0.39, 0.29) is 18.4 Å². The zero-order valence-electron chi connectivity index (χ0n) is 19.0. The summed E-state index contributed by atoms with van der Waals surface area (Å²) in [5.74, 6) is 0.384. The number of ether oxygens (including phenoxy) is 1. The van der Waals surface area contributed by atoms with E-state index in [1.807, 2.05) is 50.1 Å². The van der Waals surface area contributed by atoms with E-state index >= 15 is 0 Å². The summed E-state index contributed by atoms with van der Waals surface area (Å²) in [6.45, 7) is 4.18. The molecule has 4 rings (SSSR count). The number of fused-ring (bicyclic) bond motifs is 1. The zero-order chi connectivity index (χ0) is 23.2. The van der Waals surface area contributed by atoms with E-state index in [1.165, 1.54) is 0 Å². The number of nitrogens with one attached hydrogen (secondary N) is 2. The van der Waals surface area contributed by atoms with Gasteiger partial charge in [-0.25, -0.2) is 4.79 Å². The van der Waals surface area contributed by atoms with E-state index < -0.39 is 11.6 Å². The van der Waals surface area contributed by atoms with Crippen molar-refractivity contribution < 1.29 is 19.1 Å². The smallest absolute Gasteiger partial charge is 0.322 e. The van der Waals surface area contributed by atoms with Gasteiger partial charge in [0.2, 0.25) is 5.91 Å². The van der Waals surface area contributed by atoms with Crippen LogP contribution in [0.3, 0.4) is 0 Å². The highest BCUT2D eigenvalue weighted by Crippen LogP contribution is 2.35. The molecule has 0 bridgehead atoms. The van der Waals surface area contributed by atoms with E-state index in [2.05, 4.69) is 16.7 Å². The minimum Gasteiger partial charge on any atom is -0.494 e. The van der Waals surface area contributed by atoms with E-state index in [4.69, 9.17) is 4.74 Å². The average Bonchev–Trinajstić information content (AvgIpc) is 3.23. The lowest BCUT2D eigenvalue weighted by Gasteiger charge is -2.26. The maximum absolute atomic E-state index is 13.1. The first kappa shape index (κ1) is 21.7. The third-order valence-corrected chi connectivity index (χ3v) is 6.34. The molecule has 32 heavy (non-hydrogen) atoms. The highest BCUT2D eigenvalue weighted by atomic mass is 16.5. The second-order valence-corrected chi connectivity index (χ2v) is 8.74. The van der Waals surface area contributed by atoms with Crippen LogP contribution in [-0.2, 0) is 22.4 Å². The van der Waals surface area contributed by atoms with Crippen molar-refractivity contribution in [2.45, 2.75) is 32.2 Å². The Hall–Kier alpha value is -3.55. The van der Waals surface area contributed by atoms with Crippen LogP contribution >= 0.6 is 0 Å². The largest absolute Gasteiger partial charge is 0.494 e. The van der Waals surface area contributed by atoms with Crippen LogP contribution in [0.5, 0.6) is 5.75 Å². The number of hydrogen-bond donors (Lipinski definition) is 2. The molecule has 1 unspecified atom stereocenters. The Morgan fingerprint density at radius 3 is 2.47 bits per heavy atom. The Kier molecular flexibility index (Phi) is 5.32. The lowest BCUT2D eigenvalue weighted by molar-refractivity contribution is -0.123. The standard InChI is InChI=1S/C24H28N4O4/c1-14-8-15(2)21(32-5)19(9-14)27(3)13-20(29)28(4)18-7-6-16-11-24(12-17(16)10-18)22(30)25-23(31)26-24/h6-10H,11-13H2,1-5H3,(H2,25,26,30,31). The van der Waals surface area contributed by atoms with Gasteiger partial charge in [0.25, 0.3) is 5.91 Å². The van der Waals surface area contributed by atoms with Crippen LogP contribution in [0, 0.1) is 13.8 Å². The molecule has 8 nitrogen and oxygen atoms in total. The highest BCUT2D eigenvalue weighted by Gasteiger charge is 2.50. The van der Waals surface area contributed by atoms with E-state index in [0.29, 0.717) is 12.8 Å². The average molecular weight is 437 g/mol. The van der Waals surface area contributed by atoms with Crippen LogP contribution < -0.4 is 25.2 Å². The van der Waals surface area contributed by atoms with Crippen molar-refractivity contribution >= 4 is 29.2 Å². The number of benzene rings is 2. The molecular weight excluding hydrogens is 408 g/mol. The molecule has 1 spiro atoms. The highest BCUT2D eigenvalue weighted by molar-refractivity contribution is 6.08. The first-order valence-electron chi connectivity index (χ1n) is 10.5. The summed E-state index contributed by atoms with van der Waals surface area (Å²) in [6, 6.07) is 9.33. The predicted octanol–water partition coefficient (Wildman–Crippen LogP) is 2.09. The molecule has 1 saturated heterocycles. The number of anilines is 2. The van der Waals surface area contributed by atoms with Crippen molar-refractivity contribution in [3.63, 3.8) is 0 Å². The van der Waals surface area contributed by atoms with Crippen molar-refractivity contribution in [1.82, 2.24) is 10.6 Å². The fourth-order valence-corrected chi connectivity index (χ4v) is 4.67. The molecule has 1 aliphatic heterocycles. The molecule has 168 valence electrons. The van der Waals surface area contributed by atoms with E-state index in [9.17, 15) is 14.4 Å². The van der Waals surface area contributed by atoms with Gasteiger partial charge >= 0.3 is 6.03 Å². The summed E-state index contributed by atoms with van der Waals surface area (Å²) >= 11 is 0. The summed E-state index contributed by atoms with van der Waals surface area (Å²) in [6.07, 6.45) is 0.864. The van der Waals surface area contributed by atoms with Crippen molar-refractivity contribution in [3.8, 4) is 5.75 Å². The van der Waals surface area contributed by atoms with Crippen molar-refractivity contribution in [1.29, 1.82) is 0 Å². The molecule has 1 heterocycles. The van der Waals surface area contributed by atoms with Gasteiger partial charge in [0.1, 0.15) is 11.3 Å². The van der Waals surface area contributed by atoms with Crippen LogP contribution in [0.1, 0.15) is 22.3 Å². The molecule has 2 aromatic rings. The van der Waals surface area contributed by atoms with Gasteiger partial charge in [0, 0.05) is 32.6 Å². The normalized spacial score (nSPS) is 18.9. The molecule has 0 saturated carbocycles. The molecule has 0 aromatic heterocycles. The number of nitrogens with zero attached hydrogens (tertiary/aromatic N) is 2. The molecule has 2 aliphatic rings. The maximum Gasteiger partial charge on any atom is 0.322 e. The molecule has 8 heteroatoms. The molecule has 1 fully saturated rings. The summed E-state index contributed by atoms with van der Waals surface area (Å²) in [5.41, 5.74) is 4.78. The van der Waals surface area contributed by atoms with Gasteiger partial charge in [-0.05, 0) is 54.3 Å².